The maximum absolute atomic E-state index is 12.3. The lowest BCUT2D eigenvalue weighted by Gasteiger charge is -2.18. The first-order valence-electron chi connectivity index (χ1n) is 8.01. The molecule has 1 aromatic carbocycles. The second-order valence-corrected chi connectivity index (χ2v) is 7.48. The molecule has 0 saturated carbocycles. The number of aromatic nitrogens is 1. The minimum Gasteiger partial charge on any atom is -0.355 e. The second kappa shape index (κ2) is 6.57. The van der Waals surface area contributed by atoms with E-state index in [1.807, 2.05) is 12.1 Å². The third-order valence-electron chi connectivity index (χ3n) is 3.75. The van der Waals surface area contributed by atoms with Crippen molar-refractivity contribution in [1.82, 2.24) is 10.1 Å². The molecule has 4 heteroatoms. The smallest absolute Gasteiger partial charge is 0.275 e. The quantitative estimate of drug-likeness (QED) is 0.842. The summed E-state index contributed by atoms with van der Waals surface area (Å²) in [5.41, 5.74) is 2.65. The Bertz CT molecular complexity index is 663. The molecular formula is C19H26N2O2. The third kappa shape index (κ3) is 4.21. The van der Waals surface area contributed by atoms with Gasteiger partial charge in [0.25, 0.3) is 5.91 Å². The van der Waals surface area contributed by atoms with E-state index in [-0.39, 0.29) is 11.3 Å². The van der Waals surface area contributed by atoms with E-state index in [2.05, 4.69) is 51.9 Å². The predicted octanol–water partition coefficient (Wildman–Crippen LogP) is 4.37. The Morgan fingerprint density at radius 2 is 1.83 bits per heavy atom. The molecule has 0 radical (unpaired) electrons. The number of hydrogen-bond donors (Lipinski definition) is 0. The van der Waals surface area contributed by atoms with Gasteiger partial charge in [-0.05, 0) is 16.9 Å². The van der Waals surface area contributed by atoms with Gasteiger partial charge in [-0.25, -0.2) is 0 Å². The SMILES string of the molecule is CC(C)CN(C)C(=O)c1cc(-c2ccc(C(C)(C)C)cc2)on1. The van der Waals surface area contributed by atoms with Crippen LogP contribution in [0.25, 0.3) is 11.3 Å². The first-order chi connectivity index (χ1) is 10.7. The Balaban J connectivity index is 2.17. The average Bonchev–Trinajstić information content (AvgIpc) is 2.94. The van der Waals surface area contributed by atoms with Gasteiger partial charge in [-0.3, -0.25) is 4.79 Å². The van der Waals surface area contributed by atoms with Gasteiger partial charge in [-0.2, -0.15) is 0 Å². The second-order valence-electron chi connectivity index (χ2n) is 7.48. The number of carbonyl (C=O) groups is 1. The number of carbonyl (C=O) groups excluding carboxylic acids is 1. The van der Waals surface area contributed by atoms with E-state index in [1.54, 1.807) is 18.0 Å². The van der Waals surface area contributed by atoms with Crippen molar-refractivity contribution < 1.29 is 9.32 Å². The molecule has 1 aromatic heterocycles. The van der Waals surface area contributed by atoms with Crippen molar-refractivity contribution in [2.75, 3.05) is 13.6 Å². The molecule has 0 aliphatic carbocycles. The molecule has 1 heterocycles. The van der Waals surface area contributed by atoms with Crippen molar-refractivity contribution in [3.63, 3.8) is 0 Å². The molecule has 0 aliphatic heterocycles. The summed E-state index contributed by atoms with van der Waals surface area (Å²) < 4.78 is 5.35. The van der Waals surface area contributed by atoms with Crippen molar-refractivity contribution in [2.45, 2.75) is 40.0 Å². The van der Waals surface area contributed by atoms with Gasteiger partial charge in [0.15, 0.2) is 11.5 Å². The van der Waals surface area contributed by atoms with Gasteiger partial charge in [0.2, 0.25) is 0 Å². The molecule has 0 unspecified atom stereocenters. The van der Waals surface area contributed by atoms with Crippen molar-refractivity contribution in [2.24, 2.45) is 5.92 Å². The van der Waals surface area contributed by atoms with Gasteiger partial charge in [0.05, 0.1) is 0 Å². The van der Waals surface area contributed by atoms with E-state index >= 15 is 0 Å². The Kier molecular flexibility index (Phi) is 4.93. The molecule has 0 N–H and O–H groups in total. The van der Waals surface area contributed by atoms with E-state index in [4.69, 9.17) is 4.52 Å². The average molecular weight is 314 g/mol. The summed E-state index contributed by atoms with van der Waals surface area (Å²) in [4.78, 5) is 14.0. The summed E-state index contributed by atoms with van der Waals surface area (Å²) in [6, 6.07) is 9.90. The number of benzene rings is 1. The predicted molar refractivity (Wildman–Crippen MR) is 92.4 cm³/mol. The topological polar surface area (TPSA) is 46.3 Å². The van der Waals surface area contributed by atoms with E-state index in [9.17, 15) is 4.79 Å². The third-order valence-corrected chi connectivity index (χ3v) is 3.75. The molecule has 2 aromatic rings. The monoisotopic (exact) mass is 314 g/mol. The molecule has 0 saturated heterocycles. The van der Waals surface area contributed by atoms with E-state index < -0.39 is 0 Å². The van der Waals surface area contributed by atoms with Crippen LogP contribution in [0.5, 0.6) is 0 Å². The minimum absolute atomic E-state index is 0.111. The molecule has 4 nitrogen and oxygen atoms in total. The highest BCUT2D eigenvalue weighted by atomic mass is 16.5. The highest BCUT2D eigenvalue weighted by Crippen LogP contribution is 2.26. The fraction of sp³-hybridized carbons (Fsp3) is 0.474. The fourth-order valence-electron chi connectivity index (χ4n) is 2.47. The van der Waals surface area contributed by atoms with Crippen LogP contribution in [0, 0.1) is 5.92 Å². The van der Waals surface area contributed by atoms with Crippen LogP contribution in [0.1, 0.15) is 50.7 Å². The van der Waals surface area contributed by atoms with Gasteiger partial charge in [0, 0.05) is 25.2 Å². The van der Waals surface area contributed by atoms with E-state index in [0.29, 0.717) is 23.9 Å². The van der Waals surface area contributed by atoms with Crippen LogP contribution in [0.4, 0.5) is 0 Å². The Labute approximate surface area is 138 Å². The summed E-state index contributed by atoms with van der Waals surface area (Å²) in [6.45, 7) is 11.4. The van der Waals surface area contributed by atoms with Gasteiger partial charge in [-0.1, -0.05) is 64.0 Å². The Morgan fingerprint density at radius 3 is 2.35 bits per heavy atom. The lowest BCUT2D eigenvalue weighted by atomic mass is 9.86. The zero-order chi connectivity index (χ0) is 17.2. The first kappa shape index (κ1) is 17.3. The summed E-state index contributed by atoms with van der Waals surface area (Å²) >= 11 is 0. The van der Waals surface area contributed by atoms with Gasteiger partial charge in [0.1, 0.15) is 0 Å². The number of hydrogen-bond acceptors (Lipinski definition) is 3. The highest BCUT2D eigenvalue weighted by Gasteiger charge is 2.19. The first-order valence-corrected chi connectivity index (χ1v) is 8.01. The number of amides is 1. The van der Waals surface area contributed by atoms with Crippen LogP contribution in [-0.4, -0.2) is 29.6 Å². The fourth-order valence-corrected chi connectivity index (χ4v) is 2.47. The van der Waals surface area contributed by atoms with Crippen molar-refractivity contribution in [3.05, 3.63) is 41.6 Å². The largest absolute Gasteiger partial charge is 0.355 e. The van der Waals surface area contributed by atoms with Crippen molar-refractivity contribution >= 4 is 5.91 Å². The van der Waals surface area contributed by atoms with Gasteiger partial charge >= 0.3 is 0 Å². The Hall–Kier alpha value is -2.10. The van der Waals surface area contributed by atoms with Crippen molar-refractivity contribution in [1.29, 1.82) is 0 Å². The molecule has 124 valence electrons. The Morgan fingerprint density at radius 1 is 1.22 bits per heavy atom. The molecule has 23 heavy (non-hydrogen) atoms. The molecule has 1 amide bonds. The molecule has 0 aliphatic rings. The molecule has 0 fully saturated rings. The normalized spacial score (nSPS) is 11.8. The van der Waals surface area contributed by atoms with Gasteiger partial charge in [-0.15, -0.1) is 0 Å². The zero-order valence-electron chi connectivity index (χ0n) is 14.9. The number of nitrogens with zero attached hydrogens (tertiary/aromatic N) is 2. The van der Waals surface area contributed by atoms with Crippen LogP contribution >= 0.6 is 0 Å². The molecule has 2 rings (SSSR count). The number of rotatable bonds is 4. The maximum Gasteiger partial charge on any atom is 0.275 e. The molecule has 0 bridgehead atoms. The molecular weight excluding hydrogens is 288 g/mol. The zero-order valence-corrected chi connectivity index (χ0v) is 14.9. The lowest BCUT2D eigenvalue weighted by Crippen LogP contribution is -2.30. The van der Waals surface area contributed by atoms with Crippen LogP contribution in [0.2, 0.25) is 0 Å². The van der Waals surface area contributed by atoms with E-state index in [1.165, 1.54) is 5.56 Å². The highest BCUT2D eigenvalue weighted by molar-refractivity contribution is 5.92. The lowest BCUT2D eigenvalue weighted by molar-refractivity contribution is 0.0769. The molecule has 0 atom stereocenters. The summed E-state index contributed by atoms with van der Waals surface area (Å²) in [7, 11) is 1.79. The van der Waals surface area contributed by atoms with Crippen LogP contribution in [0.15, 0.2) is 34.9 Å². The summed E-state index contributed by atoms with van der Waals surface area (Å²) in [6.07, 6.45) is 0. The van der Waals surface area contributed by atoms with Gasteiger partial charge < -0.3 is 9.42 Å². The summed E-state index contributed by atoms with van der Waals surface area (Å²) in [5, 5.41) is 3.93. The van der Waals surface area contributed by atoms with Crippen molar-refractivity contribution in [3.8, 4) is 11.3 Å². The van der Waals surface area contributed by atoms with Crippen LogP contribution in [0.3, 0.4) is 0 Å². The summed E-state index contributed by atoms with van der Waals surface area (Å²) in [5.74, 6) is 0.923. The van der Waals surface area contributed by atoms with Crippen LogP contribution < -0.4 is 0 Å². The standard InChI is InChI=1S/C19H26N2O2/c1-13(2)12-21(6)18(22)16-11-17(23-20-16)14-7-9-15(10-8-14)19(3,4)5/h7-11,13H,12H2,1-6H3. The molecule has 0 spiro atoms. The minimum atomic E-state index is -0.111. The van der Waals surface area contributed by atoms with E-state index in [0.717, 1.165) is 5.56 Å². The maximum atomic E-state index is 12.3. The van der Waals surface area contributed by atoms with Crippen LogP contribution in [-0.2, 0) is 5.41 Å².